The van der Waals surface area contributed by atoms with E-state index in [1.54, 1.807) is 11.9 Å². The number of nitrogens with one attached hydrogen (secondary N) is 3. The minimum Gasteiger partial charge on any atom is -0.387 e. The molecule has 0 radical (unpaired) electrons. The van der Waals surface area contributed by atoms with Gasteiger partial charge in [-0.1, -0.05) is 40.3 Å². The van der Waals surface area contributed by atoms with Crippen LogP contribution in [-0.2, 0) is 0 Å². The largest absolute Gasteiger partial charge is 0.387 e. The summed E-state index contributed by atoms with van der Waals surface area (Å²) in [7, 11) is 1.97. The topological polar surface area (TPSA) is 36.1 Å². The molecule has 1 aromatic rings. The second kappa shape index (κ2) is 9.13. The molecule has 2 saturated carbocycles. The van der Waals surface area contributed by atoms with E-state index in [4.69, 9.17) is 0 Å². The fraction of sp³-hybridized carbons (Fsp3) is 0.667. The molecule has 2 aliphatic rings. The monoisotopic (exact) mass is 403 g/mol. The van der Waals surface area contributed by atoms with Gasteiger partial charge in [0.15, 0.2) is 0 Å². The Morgan fingerprint density at radius 3 is 2.39 bits per heavy atom. The lowest BCUT2D eigenvalue weighted by molar-refractivity contribution is 0.165. The third-order valence-electron chi connectivity index (χ3n) is 6.19. The predicted octanol–water partition coefficient (Wildman–Crippen LogP) is 6.53. The Hall–Kier alpha value is -1.13. The molecule has 1 aromatic carbocycles. The summed E-state index contributed by atoms with van der Waals surface area (Å²) in [5, 5.41) is 7.10. The van der Waals surface area contributed by atoms with Crippen LogP contribution in [0.1, 0.15) is 73.3 Å². The van der Waals surface area contributed by atoms with Gasteiger partial charge in [-0.05, 0) is 86.9 Å². The summed E-state index contributed by atoms with van der Waals surface area (Å²) in [6.07, 6.45) is 4.15. The summed E-state index contributed by atoms with van der Waals surface area (Å²) in [4.78, 5) is 1.20. The van der Waals surface area contributed by atoms with E-state index in [0.717, 1.165) is 23.2 Å². The summed E-state index contributed by atoms with van der Waals surface area (Å²) in [6, 6.07) is 7.11. The van der Waals surface area contributed by atoms with E-state index in [9.17, 15) is 0 Å². The highest BCUT2D eigenvalue weighted by Gasteiger charge is 2.52. The van der Waals surface area contributed by atoms with Crippen LogP contribution in [0.3, 0.4) is 0 Å². The number of anilines is 1. The molecule has 0 heterocycles. The SMILES string of the molecule is C=C(NC1C2CCC(C2)C1(C)C)c1ccc(NC)c(SNC(C)(C)C)c1.CC. The molecule has 3 N–H and O–H groups in total. The average molecular weight is 404 g/mol. The van der Waals surface area contributed by atoms with Crippen molar-refractivity contribution in [2.75, 3.05) is 12.4 Å². The van der Waals surface area contributed by atoms with Crippen molar-refractivity contribution >= 4 is 23.3 Å². The summed E-state index contributed by atoms with van der Waals surface area (Å²) >= 11 is 1.68. The number of rotatable bonds is 6. The highest BCUT2D eigenvalue weighted by molar-refractivity contribution is 7.97. The van der Waals surface area contributed by atoms with Crippen LogP contribution >= 0.6 is 11.9 Å². The Morgan fingerprint density at radius 2 is 1.86 bits per heavy atom. The summed E-state index contributed by atoms with van der Waals surface area (Å²) in [5.41, 5.74) is 3.80. The van der Waals surface area contributed by atoms with Crippen molar-refractivity contribution in [2.45, 2.75) is 84.2 Å². The molecular weight excluding hydrogens is 362 g/mol. The van der Waals surface area contributed by atoms with Crippen LogP contribution in [0.2, 0.25) is 0 Å². The first-order valence-corrected chi connectivity index (χ1v) is 11.6. The second-order valence-corrected chi connectivity index (χ2v) is 10.5. The van der Waals surface area contributed by atoms with Gasteiger partial charge in [-0.25, -0.2) is 0 Å². The predicted molar refractivity (Wildman–Crippen MR) is 127 cm³/mol. The van der Waals surface area contributed by atoms with E-state index in [2.05, 4.69) is 74.8 Å². The van der Waals surface area contributed by atoms with Crippen molar-refractivity contribution in [3.8, 4) is 0 Å². The Kier molecular flexibility index (Phi) is 7.55. The van der Waals surface area contributed by atoms with Gasteiger partial charge in [0.1, 0.15) is 0 Å². The number of fused-ring (bicyclic) bond motifs is 2. The van der Waals surface area contributed by atoms with Crippen molar-refractivity contribution in [1.29, 1.82) is 0 Å². The van der Waals surface area contributed by atoms with Gasteiger partial charge < -0.3 is 10.6 Å². The van der Waals surface area contributed by atoms with Crippen LogP contribution in [0, 0.1) is 17.3 Å². The lowest BCUT2D eigenvalue weighted by Crippen LogP contribution is -2.45. The molecule has 2 bridgehead atoms. The zero-order chi connectivity index (χ0) is 21.1. The molecule has 3 unspecified atom stereocenters. The molecule has 2 fully saturated rings. The van der Waals surface area contributed by atoms with Crippen molar-refractivity contribution in [1.82, 2.24) is 10.0 Å². The van der Waals surface area contributed by atoms with Crippen molar-refractivity contribution in [2.24, 2.45) is 17.3 Å². The second-order valence-electron chi connectivity index (χ2n) is 9.61. The standard InChI is InChI=1S/C22H35N3S.C2H6/c1-14(24-20-16-8-10-17(12-16)22(20,5)6)15-9-11-18(23-7)19(13-15)26-25-21(2,3)4;1-2/h9,11,13,16-17,20,23-25H,1,8,10,12H2,2-7H3;1-2H3. The molecule has 0 amide bonds. The lowest BCUT2D eigenvalue weighted by Gasteiger charge is -2.39. The van der Waals surface area contributed by atoms with Crippen LogP contribution < -0.4 is 15.4 Å². The molecule has 3 rings (SSSR count). The zero-order valence-electron chi connectivity index (χ0n) is 19.2. The fourth-order valence-corrected chi connectivity index (χ4v) is 5.52. The van der Waals surface area contributed by atoms with Crippen molar-refractivity contribution in [3.05, 3.63) is 30.3 Å². The molecule has 4 heteroatoms. The molecule has 0 aliphatic heterocycles. The van der Waals surface area contributed by atoms with Gasteiger partial charge >= 0.3 is 0 Å². The Bertz CT molecular complexity index is 675. The summed E-state index contributed by atoms with van der Waals surface area (Å²) in [6.45, 7) is 19.8. The van der Waals surface area contributed by atoms with Crippen molar-refractivity contribution in [3.63, 3.8) is 0 Å². The van der Waals surface area contributed by atoms with Crippen LogP contribution in [-0.4, -0.2) is 18.6 Å². The van der Waals surface area contributed by atoms with Crippen LogP contribution in [0.4, 0.5) is 5.69 Å². The normalized spacial score (nSPS) is 25.1. The molecule has 0 saturated heterocycles. The fourth-order valence-electron chi connectivity index (χ4n) is 4.64. The maximum absolute atomic E-state index is 4.38. The highest BCUT2D eigenvalue weighted by atomic mass is 32.2. The van der Waals surface area contributed by atoms with Crippen LogP contribution in [0.15, 0.2) is 29.7 Å². The van der Waals surface area contributed by atoms with Gasteiger partial charge in [-0.3, -0.25) is 4.72 Å². The van der Waals surface area contributed by atoms with E-state index < -0.39 is 0 Å². The Balaban J connectivity index is 0.00000136. The van der Waals surface area contributed by atoms with Gasteiger partial charge in [0.25, 0.3) is 0 Å². The first kappa shape index (κ1) is 23.2. The third-order valence-corrected chi connectivity index (χ3v) is 7.47. The molecule has 158 valence electrons. The lowest BCUT2D eigenvalue weighted by atomic mass is 9.72. The van der Waals surface area contributed by atoms with Crippen LogP contribution in [0.5, 0.6) is 0 Å². The quantitative estimate of drug-likeness (QED) is 0.472. The molecule has 2 aliphatic carbocycles. The van der Waals surface area contributed by atoms with Crippen LogP contribution in [0.25, 0.3) is 5.70 Å². The molecule has 0 spiro atoms. The van der Waals surface area contributed by atoms with Crippen molar-refractivity contribution < 1.29 is 0 Å². The summed E-state index contributed by atoms with van der Waals surface area (Å²) < 4.78 is 3.51. The number of hydrogen-bond acceptors (Lipinski definition) is 4. The molecule has 0 aromatic heterocycles. The van der Waals surface area contributed by atoms with E-state index in [1.807, 2.05) is 20.9 Å². The Morgan fingerprint density at radius 1 is 1.18 bits per heavy atom. The zero-order valence-corrected chi connectivity index (χ0v) is 20.0. The van der Waals surface area contributed by atoms with Gasteiger partial charge in [-0.2, -0.15) is 0 Å². The molecule has 28 heavy (non-hydrogen) atoms. The maximum Gasteiger partial charge on any atom is 0.0489 e. The van der Waals surface area contributed by atoms with E-state index in [-0.39, 0.29) is 5.54 Å². The number of hydrogen-bond donors (Lipinski definition) is 3. The average Bonchev–Trinajstić information content (AvgIpc) is 3.22. The smallest absolute Gasteiger partial charge is 0.0489 e. The molecule has 3 nitrogen and oxygen atoms in total. The van der Waals surface area contributed by atoms with Gasteiger partial charge in [0, 0.05) is 34.9 Å². The highest BCUT2D eigenvalue weighted by Crippen LogP contribution is 2.55. The third kappa shape index (κ3) is 5.07. The minimum absolute atomic E-state index is 0.0635. The summed E-state index contributed by atoms with van der Waals surface area (Å²) in [5.74, 6) is 1.67. The van der Waals surface area contributed by atoms with Gasteiger partial charge in [0.2, 0.25) is 0 Å². The Labute approximate surface area is 177 Å². The number of benzene rings is 1. The van der Waals surface area contributed by atoms with E-state index in [1.165, 1.54) is 29.7 Å². The van der Waals surface area contributed by atoms with E-state index in [0.29, 0.717) is 11.5 Å². The molecular formula is C24H41N3S. The van der Waals surface area contributed by atoms with Gasteiger partial charge in [-0.15, -0.1) is 0 Å². The molecule has 3 atom stereocenters. The minimum atomic E-state index is 0.0635. The first-order valence-electron chi connectivity index (χ1n) is 10.8. The first-order chi connectivity index (χ1) is 13.1. The maximum atomic E-state index is 4.38. The van der Waals surface area contributed by atoms with Gasteiger partial charge in [0.05, 0.1) is 0 Å². The van der Waals surface area contributed by atoms with E-state index >= 15 is 0 Å².